The predicted molar refractivity (Wildman–Crippen MR) is 151 cm³/mol. The fraction of sp³-hybridized carbons (Fsp3) is 0.194. The molecule has 0 aliphatic carbocycles. The zero-order valence-electron chi connectivity index (χ0n) is 22.1. The Morgan fingerprint density at radius 2 is 1.74 bits per heavy atom. The summed E-state index contributed by atoms with van der Waals surface area (Å²) in [6.07, 6.45) is -0.653. The standard InChI is InChI=1S/C31H25ClFN3O6/c32-28-11-10-26(42-28)31(39)36-15-25-27(16-36)41-21-7-4-18(5-8-21)14-34-29(37)17-40-22-3-1-2-19(12-22)20-6-9-24(33)23(13-20)30(38)35-25/h1-13,25,27H,14-17H2,(H,34,37)(H,35,38)/t25-,27-/m0/s1. The van der Waals surface area contributed by atoms with Crippen molar-refractivity contribution in [1.82, 2.24) is 15.5 Å². The Morgan fingerprint density at radius 1 is 0.929 bits per heavy atom. The van der Waals surface area contributed by atoms with Gasteiger partial charge in [0.1, 0.15) is 23.4 Å². The number of nitrogens with zero attached hydrogens (tertiary/aromatic N) is 1. The number of furan rings is 1. The van der Waals surface area contributed by atoms with Gasteiger partial charge in [0, 0.05) is 13.1 Å². The highest BCUT2D eigenvalue weighted by Gasteiger charge is 2.39. The molecule has 7 rings (SSSR count). The minimum absolute atomic E-state index is 0.0550. The molecule has 0 unspecified atom stereocenters. The van der Waals surface area contributed by atoms with Crippen molar-refractivity contribution in [3.05, 3.63) is 107 Å². The van der Waals surface area contributed by atoms with Crippen molar-refractivity contribution in [2.45, 2.75) is 18.7 Å². The van der Waals surface area contributed by atoms with Crippen molar-refractivity contribution in [3.8, 4) is 22.6 Å². The van der Waals surface area contributed by atoms with Crippen LogP contribution in [0.1, 0.15) is 26.5 Å². The lowest BCUT2D eigenvalue weighted by molar-refractivity contribution is -0.123. The summed E-state index contributed by atoms with van der Waals surface area (Å²) >= 11 is 5.86. The second kappa shape index (κ2) is 11.6. The van der Waals surface area contributed by atoms with Crippen molar-refractivity contribution < 1.29 is 32.7 Å². The quantitative estimate of drug-likeness (QED) is 0.339. The number of halogens is 2. The minimum atomic E-state index is -0.702. The average Bonchev–Trinajstić information content (AvgIpc) is 3.61. The van der Waals surface area contributed by atoms with E-state index in [1.165, 1.54) is 29.2 Å². The van der Waals surface area contributed by atoms with Gasteiger partial charge in [-0.15, -0.1) is 0 Å². The Kier molecular flexibility index (Phi) is 7.54. The first-order chi connectivity index (χ1) is 20.3. The molecule has 2 atom stereocenters. The number of likely N-dealkylation sites (tertiary alicyclic amines) is 1. The Bertz CT molecular complexity index is 1660. The highest BCUT2D eigenvalue weighted by atomic mass is 35.5. The molecule has 3 amide bonds. The van der Waals surface area contributed by atoms with Crippen LogP contribution < -0.4 is 20.1 Å². The van der Waals surface area contributed by atoms with E-state index in [9.17, 15) is 18.8 Å². The molecule has 0 radical (unpaired) electrons. The Morgan fingerprint density at radius 3 is 2.52 bits per heavy atom. The van der Waals surface area contributed by atoms with Crippen LogP contribution in [0.15, 0.2) is 83.3 Å². The van der Waals surface area contributed by atoms with E-state index in [1.807, 2.05) is 0 Å². The number of hydrogen-bond donors (Lipinski definition) is 2. The molecule has 1 fully saturated rings. The summed E-state index contributed by atoms with van der Waals surface area (Å²) in [5.41, 5.74) is 1.92. The van der Waals surface area contributed by atoms with E-state index in [1.54, 1.807) is 54.6 Å². The van der Waals surface area contributed by atoms with Gasteiger partial charge < -0.3 is 29.4 Å². The van der Waals surface area contributed by atoms with Crippen molar-refractivity contribution >= 4 is 29.3 Å². The molecule has 4 heterocycles. The summed E-state index contributed by atoms with van der Waals surface area (Å²) in [4.78, 5) is 40.4. The number of rotatable bonds is 1. The van der Waals surface area contributed by atoms with Crippen LogP contribution in [-0.2, 0) is 11.3 Å². The lowest BCUT2D eigenvalue weighted by atomic mass is 10.0. The third kappa shape index (κ3) is 5.94. The molecule has 4 aromatic rings. The van der Waals surface area contributed by atoms with E-state index in [4.69, 9.17) is 25.5 Å². The van der Waals surface area contributed by atoms with E-state index in [0.717, 1.165) is 5.56 Å². The number of carbonyl (C=O) groups is 3. The number of benzene rings is 3. The second-order valence-corrected chi connectivity index (χ2v) is 10.4. The molecule has 3 aliphatic rings. The van der Waals surface area contributed by atoms with Gasteiger partial charge in [0.2, 0.25) is 0 Å². The van der Waals surface area contributed by atoms with Crippen LogP contribution in [0.4, 0.5) is 4.39 Å². The molecule has 1 saturated heterocycles. The van der Waals surface area contributed by atoms with Gasteiger partial charge in [0.25, 0.3) is 17.7 Å². The normalized spacial score (nSPS) is 18.8. The molecule has 42 heavy (non-hydrogen) atoms. The van der Waals surface area contributed by atoms with Crippen molar-refractivity contribution in [3.63, 3.8) is 0 Å². The van der Waals surface area contributed by atoms with Gasteiger partial charge in [-0.25, -0.2) is 4.39 Å². The summed E-state index contributed by atoms with van der Waals surface area (Å²) in [6.45, 7) is 0.328. The molecule has 6 bridgehead atoms. The van der Waals surface area contributed by atoms with Gasteiger partial charge >= 0.3 is 0 Å². The van der Waals surface area contributed by atoms with Gasteiger partial charge in [0.15, 0.2) is 17.6 Å². The lowest BCUT2D eigenvalue weighted by Crippen LogP contribution is -2.45. The number of amides is 3. The zero-order valence-corrected chi connectivity index (χ0v) is 22.9. The first-order valence-corrected chi connectivity index (χ1v) is 13.6. The second-order valence-electron chi connectivity index (χ2n) is 9.98. The van der Waals surface area contributed by atoms with Gasteiger partial charge in [-0.2, -0.15) is 0 Å². The third-order valence-electron chi connectivity index (χ3n) is 7.10. The van der Waals surface area contributed by atoms with Crippen LogP contribution in [0.25, 0.3) is 11.1 Å². The summed E-state index contributed by atoms with van der Waals surface area (Å²) in [5, 5.41) is 5.77. The smallest absolute Gasteiger partial charge is 0.289 e. The molecule has 0 spiro atoms. The van der Waals surface area contributed by atoms with Crippen LogP contribution in [0, 0.1) is 5.82 Å². The van der Waals surface area contributed by atoms with Crippen molar-refractivity contribution in [2.75, 3.05) is 19.7 Å². The SMILES string of the molecule is O=C1COc2cccc(c2)-c2ccc(F)c(c2)C(=O)N[C@H]2CN(C(=O)c3ccc(Cl)o3)C[C@@H]2Oc2ccc(cc2)CN1. The van der Waals surface area contributed by atoms with Gasteiger partial charge in [-0.05, 0) is 76.8 Å². The maximum atomic E-state index is 15.0. The Balaban J connectivity index is 1.33. The maximum absolute atomic E-state index is 15.0. The summed E-state index contributed by atoms with van der Waals surface area (Å²) in [6, 6.07) is 20.5. The van der Waals surface area contributed by atoms with E-state index in [-0.39, 0.29) is 48.7 Å². The first-order valence-electron chi connectivity index (χ1n) is 13.2. The van der Waals surface area contributed by atoms with Crippen LogP contribution in [-0.4, -0.2) is 54.5 Å². The van der Waals surface area contributed by atoms with Crippen LogP contribution in [0.5, 0.6) is 11.5 Å². The van der Waals surface area contributed by atoms with Crippen LogP contribution in [0.3, 0.4) is 0 Å². The monoisotopic (exact) mass is 589 g/mol. The highest BCUT2D eigenvalue weighted by Crippen LogP contribution is 2.27. The van der Waals surface area contributed by atoms with Crippen LogP contribution in [0.2, 0.25) is 5.22 Å². The van der Waals surface area contributed by atoms with Crippen LogP contribution >= 0.6 is 11.6 Å². The number of ether oxygens (including phenoxy) is 2. The molecule has 3 aromatic carbocycles. The molecule has 0 saturated carbocycles. The highest BCUT2D eigenvalue weighted by molar-refractivity contribution is 6.29. The van der Waals surface area contributed by atoms with E-state index >= 15 is 0 Å². The number of fused-ring (bicyclic) bond motifs is 7. The average molecular weight is 590 g/mol. The maximum Gasteiger partial charge on any atom is 0.289 e. The van der Waals surface area contributed by atoms with E-state index in [2.05, 4.69) is 10.6 Å². The minimum Gasteiger partial charge on any atom is -0.486 e. The van der Waals surface area contributed by atoms with Crippen molar-refractivity contribution in [1.29, 1.82) is 0 Å². The molecule has 9 nitrogen and oxygen atoms in total. The molecular weight excluding hydrogens is 565 g/mol. The third-order valence-corrected chi connectivity index (χ3v) is 7.31. The fourth-order valence-corrected chi connectivity index (χ4v) is 5.08. The topological polar surface area (TPSA) is 110 Å². The molecule has 1 aromatic heterocycles. The zero-order chi connectivity index (χ0) is 29.2. The van der Waals surface area contributed by atoms with E-state index < -0.39 is 29.8 Å². The lowest BCUT2D eigenvalue weighted by Gasteiger charge is -2.21. The number of nitrogens with one attached hydrogen (secondary N) is 2. The summed E-state index contributed by atoms with van der Waals surface area (Å²) < 4.78 is 32.1. The number of carbonyl (C=O) groups excluding carboxylic acids is 3. The Labute approximate surface area is 245 Å². The first kappa shape index (κ1) is 27.3. The summed E-state index contributed by atoms with van der Waals surface area (Å²) in [5.74, 6) is -1.07. The van der Waals surface area contributed by atoms with Gasteiger partial charge in [-0.1, -0.05) is 30.3 Å². The Hall–Kier alpha value is -4.83. The van der Waals surface area contributed by atoms with Crippen molar-refractivity contribution in [2.24, 2.45) is 0 Å². The molecule has 3 aliphatic heterocycles. The molecule has 2 N–H and O–H groups in total. The predicted octanol–water partition coefficient (Wildman–Crippen LogP) is 4.45. The van der Waals surface area contributed by atoms with E-state index in [0.29, 0.717) is 22.6 Å². The van der Waals surface area contributed by atoms with Gasteiger partial charge in [-0.3, -0.25) is 14.4 Å². The molecular formula is C31H25ClFN3O6. The fourth-order valence-electron chi connectivity index (χ4n) is 4.93. The number of hydrogen-bond acceptors (Lipinski definition) is 6. The van der Waals surface area contributed by atoms with Gasteiger partial charge in [0.05, 0.1) is 18.2 Å². The molecule has 214 valence electrons. The summed E-state index contributed by atoms with van der Waals surface area (Å²) in [7, 11) is 0. The molecule has 11 heteroatoms. The largest absolute Gasteiger partial charge is 0.486 e.